The van der Waals surface area contributed by atoms with Gasteiger partial charge < -0.3 is 14.5 Å². The SMILES string of the molecule is COc1cc(C)c(CN2CCc3nc(-c4ccccc4)[nH]c(=O)c3C2)c(OC)c1. The van der Waals surface area contributed by atoms with Crippen molar-refractivity contribution < 1.29 is 9.47 Å². The Balaban J connectivity index is 1.59. The van der Waals surface area contributed by atoms with Gasteiger partial charge in [-0.25, -0.2) is 4.98 Å². The fourth-order valence-corrected chi connectivity index (χ4v) is 3.83. The van der Waals surface area contributed by atoms with Crippen LogP contribution in [0.4, 0.5) is 0 Å². The third-order valence-electron chi connectivity index (χ3n) is 5.44. The Morgan fingerprint density at radius 3 is 2.66 bits per heavy atom. The summed E-state index contributed by atoms with van der Waals surface area (Å²) in [5, 5.41) is 0. The molecule has 2 heterocycles. The van der Waals surface area contributed by atoms with Gasteiger partial charge in [0.15, 0.2) is 0 Å². The van der Waals surface area contributed by atoms with Crippen LogP contribution in [0.5, 0.6) is 11.5 Å². The molecule has 0 fully saturated rings. The first-order chi connectivity index (χ1) is 14.1. The normalized spacial score (nSPS) is 13.8. The van der Waals surface area contributed by atoms with Crippen molar-refractivity contribution in [3.05, 3.63) is 75.2 Å². The van der Waals surface area contributed by atoms with Crippen LogP contribution < -0.4 is 15.0 Å². The summed E-state index contributed by atoms with van der Waals surface area (Å²) in [5.41, 5.74) is 4.73. The number of ether oxygens (including phenoxy) is 2. The van der Waals surface area contributed by atoms with Gasteiger partial charge in [0.1, 0.15) is 17.3 Å². The molecule has 3 aromatic rings. The molecule has 0 aliphatic carbocycles. The van der Waals surface area contributed by atoms with E-state index in [9.17, 15) is 4.79 Å². The third-order valence-corrected chi connectivity index (χ3v) is 5.44. The molecule has 2 aromatic carbocycles. The van der Waals surface area contributed by atoms with Gasteiger partial charge in [0.25, 0.3) is 5.56 Å². The molecule has 0 unspecified atom stereocenters. The Hall–Kier alpha value is -3.12. The van der Waals surface area contributed by atoms with Crippen LogP contribution in [0.15, 0.2) is 47.3 Å². The Morgan fingerprint density at radius 1 is 1.14 bits per heavy atom. The maximum Gasteiger partial charge on any atom is 0.255 e. The first-order valence-corrected chi connectivity index (χ1v) is 9.70. The van der Waals surface area contributed by atoms with Gasteiger partial charge in [-0.05, 0) is 18.6 Å². The lowest BCUT2D eigenvalue weighted by Crippen LogP contribution is -2.35. The van der Waals surface area contributed by atoms with Crippen LogP contribution in [-0.4, -0.2) is 35.6 Å². The lowest BCUT2D eigenvalue weighted by molar-refractivity contribution is 0.237. The second-order valence-corrected chi connectivity index (χ2v) is 7.29. The van der Waals surface area contributed by atoms with Crippen LogP contribution in [0, 0.1) is 6.92 Å². The van der Waals surface area contributed by atoms with E-state index in [0.29, 0.717) is 18.9 Å². The average molecular weight is 391 g/mol. The minimum absolute atomic E-state index is 0.0584. The van der Waals surface area contributed by atoms with Gasteiger partial charge in [0.2, 0.25) is 0 Å². The first-order valence-electron chi connectivity index (χ1n) is 9.70. The quantitative estimate of drug-likeness (QED) is 0.723. The standard InChI is InChI=1S/C23H25N3O3/c1-15-11-17(28-2)12-21(29-3)18(15)13-26-10-9-20-19(14-26)23(27)25-22(24-20)16-7-5-4-6-8-16/h4-8,11-12H,9-10,13-14H2,1-3H3,(H,24,25,27). The van der Waals surface area contributed by atoms with E-state index < -0.39 is 0 Å². The summed E-state index contributed by atoms with van der Waals surface area (Å²) < 4.78 is 10.9. The van der Waals surface area contributed by atoms with Crippen molar-refractivity contribution in [2.75, 3.05) is 20.8 Å². The second-order valence-electron chi connectivity index (χ2n) is 7.29. The second kappa shape index (κ2) is 8.09. The van der Waals surface area contributed by atoms with Crippen LogP contribution in [0.1, 0.15) is 22.4 Å². The minimum Gasteiger partial charge on any atom is -0.497 e. The molecule has 6 heteroatoms. The van der Waals surface area contributed by atoms with Gasteiger partial charge in [0.05, 0.1) is 25.5 Å². The van der Waals surface area contributed by atoms with Crippen LogP contribution in [0.2, 0.25) is 0 Å². The van der Waals surface area contributed by atoms with Crippen molar-refractivity contribution in [2.24, 2.45) is 0 Å². The van der Waals surface area contributed by atoms with Gasteiger partial charge in [-0.15, -0.1) is 0 Å². The molecule has 0 saturated heterocycles. The van der Waals surface area contributed by atoms with Crippen molar-refractivity contribution in [3.8, 4) is 22.9 Å². The number of hydrogen-bond donors (Lipinski definition) is 1. The summed E-state index contributed by atoms with van der Waals surface area (Å²) in [7, 11) is 3.32. The zero-order valence-electron chi connectivity index (χ0n) is 17.0. The van der Waals surface area contributed by atoms with Crippen molar-refractivity contribution in [1.82, 2.24) is 14.9 Å². The molecule has 1 aromatic heterocycles. The summed E-state index contributed by atoms with van der Waals surface area (Å²) in [6.45, 7) is 4.17. The number of rotatable bonds is 5. The molecule has 1 aliphatic heterocycles. The number of benzene rings is 2. The Bertz CT molecular complexity index is 1080. The van der Waals surface area contributed by atoms with Crippen molar-refractivity contribution >= 4 is 0 Å². The summed E-state index contributed by atoms with van der Waals surface area (Å²) in [6, 6.07) is 13.7. The van der Waals surface area contributed by atoms with Gasteiger partial charge in [-0.3, -0.25) is 9.69 Å². The molecule has 4 rings (SSSR count). The van der Waals surface area contributed by atoms with E-state index in [1.54, 1.807) is 14.2 Å². The van der Waals surface area contributed by atoms with E-state index in [4.69, 9.17) is 14.5 Å². The smallest absolute Gasteiger partial charge is 0.255 e. The fraction of sp³-hybridized carbons (Fsp3) is 0.304. The minimum atomic E-state index is -0.0584. The van der Waals surface area contributed by atoms with E-state index in [-0.39, 0.29) is 5.56 Å². The van der Waals surface area contributed by atoms with Crippen LogP contribution in [-0.2, 0) is 19.5 Å². The molecule has 6 nitrogen and oxygen atoms in total. The lowest BCUT2D eigenvalue weighted by Gasteiger charge is -2.29. The van der Waals surface area contributed by atoms with Gasteiger partial charge in [-0.1, -0.05) is 30.3 Å². The molecule has 0 radical (unpaired) electrons. The van der Waals surface area contributed by atoms with E-state index >= 15 is 0 Å². The topological polar surface area (TPSA) is 67.5 Å². The number of aromatic amines is 1. The summed E-state index contributed by atoms with van der Waals surface area (Å²) in [4.78, 5) is 22.7. The molecular formula is C23H25N3O3. The highest BCUT2D eigenvalue weighted by Crippen LogP contribution is 2.30. The number of methoxy groups -OCH3 is 2. The number of nitrogens with one attached hydrogen (secondary N) is 1. The molecule has 0 amide bonds. The lowest BCUT2D eigenvalue weighted by atomic mass is 10.0. The Labute approximate surface area is 170 Å². The van der Waals surface area contributed by atoms with Crippen molar-refractivity contribution in [3.63, 3.8) is 0 Å². The van der Waals surface area contributed by atoms with Crippen LogP contribution in [0.3, 0.4) is 0 Å². The summed E-state index contributed by atoms with van der Waals surface area (Å²) >= 11 is 0. The zero-order chi connectivity index (χ0) is 20.4. The van der Waals surface area contributed by atoms with E-state index in [1.807, 2.05) is 42.5 Å². The molecule has 29 heavy (non-hydrogen) atoms. The monoisotopic (exact) mass is 391 g/mol. The number of aryl methyl sites for hydroxylation is 1. The highest BCUT2D eigenvalue weighted by Gasteiger charge is 2.23. The predicted octanol–water partition coefficient (Wildman–Crippen LogP) is 3.32. The van der Waals surface area contributed by atoms with Crippen LogP contribution in [0.25, 0.3) is 11.4 Å². The molecule has 0 bridgehead atoms. The highest BCUT2D eigenvalue weighted by molar-refractivity contribution is 5.55. The van der Waals surface area contributed by atoms with Gasteiger partial charge in [-0.2, -0.15) is 0 Å². The maximum atomic E-state index is 12.8. The van der Waals surface area contributed by atoms with Crippen molar-refractivity contribution in [2.45, 2.75) is 26.4 Å². The summed E-state index contributed by atoms with van der Waals surface area (Å²) in [6.07, 6.45) is 0.747. The molecule has 150 valence electrons. The number of hydrogen-bond acceptors (Lipinski definition) is 5. The molecule has 0 spiro atoms. The number of aromatic nitrogens is 2. The van der Waals surface area contributed by atoms with Gasteiger partial charge >= 0.3 is 0 Å². The first kappa shape index (κ1) is 19.2. The predicted molar refractivity (Wildman–Crippen MR) is 112 cm³/mol. The van der Waals surface area contributed by atoms with E-state index in [0.717, 1.165) is 52.4 Å². The highest BCUT2D eigenvalue weighted by atomic mass is 16.5. The maximum absolute atomic E-state index is 12.8. The number of nitrogens with zero attached hydrogens (tertiary/aromatic N) is 2. The van der Waals surface area contributed by atoms with Gasteiger partial charge in [0, 0.05) is 43.2 Å². The van der Waals surface area contributed by atoms with Crippen molar-refractivity contribution in [1.29, 1.82) is 0 Å². The average Bonchev–Trinajstić information content (AvgIpc) is 2.75. The molecule has 1 N–H and O–H groups in total. The van der Waals surface area contributed by atoms with Crippen LogP contribution >= 0.6 is 0 Å². The van der Waals surface area contributed by atoms with E-state index in [2.05, 4.69) is 16.8 Å². The number of H-pyrrole nitrogens is 1. The Kier molecular flexibility index (Phi) is 5.36. The third kappa shape index (κ3) is 3.89. The zero-order valence-corrected chi connectivity index (χ0v) is 17.0. The largest absolute Gasteiger partial charge is 0.497 e. The van der Waals surface area contributed by atoms with E-state index in [1.165, 1.54) is 0 Å². The summed E-state index contributed by atoms with van der Waals surface area (Å²) in [5.74, 6) is 2.22. The fourth-order valence-electron chi connectivity index (χ4n) is 3.83. The number of fused-ring (bicyclic) bond motifs is 1. The molecular weight excluding hydrogens is 366 g/mol. The Morgan fingerprint density at radius 2 is 1.93 bits per heavy atom. The molecule has 1 aliphatic rings. The molecule has 0 atom stereocenters. The molecule has 0 saturated carbocycles.